The summed E-state index contributed by atoms with van der Waals surface area (Å²) in [4.78, 5) is 11.0. The van der Waals surface area contributed by atoms with Crippen LogP contribution >= 0.6 is 0 Å². The van der Waals surface area contributed by atoms with Gasteiger partial charge in [0.05, 0.1) is 0 Å². The molecular weight excluding hydrogens is 349 g/mol. The Hall–Kier alpha value is -1.51. The van der Waals surface area contributed by atoms with Gasteiger partial charge in [-0.25, -0.2) is 4.79 Å². The topological polar surface area (TPSA) is 80.7 Å². The molecule has 1 fully saturated rings. The Morgan fingerprint density at radius 2 is 2.00 bits per heavy atom. The Bertz CT molecular complexity index is 678. The van der Waals surface area contributed by atoms with Gasteiger partial charge in [0, 0.05) is 11.5 Å². The zero-order valence-corrected chi connectivity index (χ0v) is 14.0. The lowest BCUT2D eigenvalue weighted by Gasteiger charge is -2.38. The minimum Gasteiger partial charge on any atom is -0.478 e. The summed E-state index contributed by atoms with van der Waals surface area (Å²) in [5, 5.41) is 9.01. The Balaban J connectivity index is 2.31. The molecule has 0 aromatic rings. The van der Waals surface area contributed by atoms with Crippen molar-refractivity contribution in [3.05, 3.63) is 23.5 Å². The van der Waals surface area contributed by atoms with Crippen LogP contribution in [-0.2, 0) is 19.1 Å². The number of hydrogen-bond acceptors (Lipinski definition) is 4. The maximum absolute atomic E-state index is 12.6. The number of carbonyl (C=O) groups is 1. The number of aliphatic carboxylic acids is 1. The minimum atomic E-state index is -5.72. The molecule has 0 amide bonds. The van der Waals surface area contributed by atoms with Crippen molar-refractivity contribution in [3.63, 3.8) is 0 Å². The fourth-order valence-corrected chi connectivity index (χ4v) is 4.08. The summed E-state index contributed by atoms with van der Waals surface area (Å²) in [5.74, 6) is -2.11. The van der Waals surface area contributed by atoms with Gasteiger partial charge in [-0.2, -0.15) is 21.6 Å². The number of halogens is 3. The summed E-state index contributed by atoms with van der Waals surface area (Å²) < 4.78 is 64.7. The van der Waals surface area contributed by atoms with E-state index in [1.54, 1.807) is 0 Å². The van der Waals surface area contributed by atoms with Crippen molar-refractivity contribution >= 4 is 16.1 Å². The standard InChI is InChI=1S/C15H19F3O5S/c1-8-3-4-10(7-9(2)14(19)20)13-11(8)5-6-12(13)23-24(21,22)15(16,17)18/h6-8,10-11,13H,3-5H2,1-2H3,(H,19,20)/b9-7+/t8-,10+,11-,13?/m1/s1. The summed E-state index contributed by atoms with van der Waals surface area (Å²) in [6.07, 6.45) is 4.67. The van der Waals surface area contributed by atoms with Gasteiger partial charge in [-0.1, -0.05) is 13.0 Å². The highest BCUT2D eigenvalue weighted by atomic mass is 32.2. The molecule has 0 bridgehead atoms. The van der Waals surface area contributed by atoms with Crippen LogP contribution in [0.1, 0.15) is 33.1 Å². The van der Waals surface area contributed by atoms with Crippen LogP contribution < -0.4 is 0 Å². The Morgan fingerprint density at radius 3 is 2.54 bits per heavy atom. The lowest BCUT2D eigenvalue weighted by Crippen LogP contribution is -2.34. The molecule has 9 heteroatoms. The van der Waals surface area contributed by atoms with Gasteiger partial charge in [0.1, 0.15) is 5.76 Å². The molecular formula is C15H19F3O5S. The third-order valence-corrected chi connectivity index (χ3v) is 5.80. The van der Waals surface area contributed by atoms with E-state index >= 15 is 0 Å². The van der Waals surface area contributed by atoms with E-state index in [2.05, 4.69) is 4.18 Å². The average Bonchev–Trinajstić information content (AvgIpc) is 2.84. The molecule has 0 radical (unpaired) electrons. The molecule has 24 heavy (non-hydrogen) atoms. The van der Waals surface area contributed by atoms with Gasteiger partial charge < -0.3 is 9.29 Å². The van der Waals surface area contributed by atoms with Crippen LogP contribution in [-0.4, -0.2) is 25.0 Å². The first-order chi connectivity index (χ1) is 10.9. The molecule has 0 heterocycles. The summed E-state index contributed by atoms with van der Waals surface area (Å²) in [6.45, 7) is 3.36. The van der Waals surface area contributed by atoms with Crippen molar-refractivity contribution in [2.24, 2.45) is 23.7 Å². The molecule has 5 nitrogen and oxygen atoms in total. The van der Waals surface area contributed by atoms with Gasteiger partial charge in [0.15, 0.2) is 0 Å². The fourth-order valence-electron chi connectivity index (χ4n) is 3.55. The number of carboxylic acid groups (broad SMARTS) is 1. The van der Waals surface area contributed by atoms with E-state index in [-0.39, 0.29) is 29.1 Å². The number of fused-ring (bicyclic) bond motifs is 1. The molecule has 2 rings (SSSR count). The largest absolute Gasteiger partial charge is 0.534 e. The van der Waals surface area contributed by atoms with Crippen molar-refractivity contribution in [2.45, 2.75) is 38.6 Å². The quantitative estimate of drug-likeness (QED) is 0.467. The van der Waals surface area contributed by atoms with Crippen LogP contribution in [0.4, 0.5) is 13.2 Å². The number of carboxylic acids is 1. The monoisotopic (exact) mass is 368 g/mol. The van der Waals surface area contributed by atoms with Crippen molar-refractivity contribution in [1.29, 1.82) is 0 Å². The highest BCUT2D eigenvalue weighted by Crippen LogP contribution is 2.50. The fraction of sp³-hybridized carbons (Fsp3) is 0.667. The van der Waals surface area contributed by atoms with E-state index in [0.29, 0.717) is 12.8 Å². The smallest absolute Gasteiger partial charge is 0.478 e. The first kappa shape index (κ1) is 18.8. The highest BCUT2D eigenvalue weighted by molar-refractivity contribution is 7.87. The Morgan fingerprint density at radius 1 is 1.38 bits per heavy atom. The number of alkyl halides is 3. The van der Waals surface area contributed by atoms with E-state index in [1.807, 2.05) is 6.92 Å². The Labute approximate surface area is 138 Å². The van der Waals surface area contributed by atoms with E-state index in [4.69, 9.17) is 5.11 Å². The second-order valence-corrected chi connectivity index (χ2v) is 7.93. The SMILES string of the molecule is C/C(=C\[C@@H]1CC[C@@H](C)[C@H]2CC=C(OS(=O)(=O)C(F)(F)F)C12)C(=O)O. The molecule has 136 valence electrons. The molecule has 2 aliphatic rings. The van der Waals surface area contributed by atoms with Gasteiger partial charge in [-0.05, 0) is 50.0 Å². The van der Waals surface area contributed by atoms with Crippen molar-refractivity contribution in [2.75, 3.05) is 0 Å². The highest BCUT2D eigenvalue weighted by Gasteiger charge is 2.51. The normalized spacial score (nSPS) is 31.4. The van der Waals surface area contributed by atoms with Gasteiger partial charge in [0.2, 0.25) is 0 Å². The minimum absolute atomic E-state index is 0.0555. The van der Waals surface area contributed by atoms with Gasteiger partial charge in [-0.3, -0.25) is 0 Å². The predicted octanol–water partition coefficient (Wildman–Crippen LogP) is 3.45. The van der Waals surface area contributed by atoms with E-state index in [0.717, 1.165) is 6.42 Å². The molecule has 0 aromatic heterocycles. The molecule has 0 spiro atoms. The maximum atomic E-state index is 12.6. The molecule has 0 aliphatic heterocycles. The molecule has 0 aromatic carbocycles. The molecule has 2 aliphatic carbocycles. The summed E-state index contributed by atoms with van der Waals surface area (Å²) in [6, 6.07) is 0. The Kier molecular flexibility index (Phi) is 5.03. The average molecular weight is 368 g/mol. The second-order valence-electron chi connectivity index (χ2n) is 6.39. The zero-order chi connectivity index (χ0) is 18.3. The molecule has 1 saturated carbocycles. The van der Waals surface area contributed by atoms with Gasteiger partial charge in [-0.15, -0.1) is 0 Å². The molecule has 1 unspecified atom stereocenters. The van der Waals surface area contributed by atoms with Crippen molar-refractivity contribution in [3.8, 4) is 0 Å². The molecule has 0 saturated heterocycles. The first-order valence-electron chi connectivity index (χ1n) is 7.56. The lowest BCUT2D eigenvalue weighted by atomic mass is 9.68. The summed E-state index contributed by atoms with van der Waals surface area (Å²) in [5.41, 5.74) is -5.41. The predicted molar refractivity (Wildman–Crippen MR) is 79.0 cm³/mol. The summed E-state index contributed by atoms with van der Waals surface area (Å²) >= 11 is 0. The van der Waals surface area contributed by atoms with Crippen LogP contribution in [0.25, 0.3) is 0 Å². The zero-order valence-electron chi connectivity index (χ0n) is 13.2. The number of rotatable bonds is 4. The third-order valence-electron chi connectivity index (χ3n) is 4.82. The van der Waals surface area contributed by atoms with Crippen LogP contribution in [0.15, 0.2) is 23.5 Å². The van der Waals surface area contributed by atoms with Crippen molar-refractivity contribution < 1.29 is 35.7 Å². The number of allylic oxidation sites excluding steroid dienone is 3. The third kappa shape index (κ3) is 3.60. The lowest BCUT2D eigenvalue weighted by molar-refractivity contribution is -0.132. The van der Waals surface area contributed by atoms with Crippen LogP contribution in [0.3, 0.4) is 0 Å². The van der Waals surface area contributed by atoms with Crippen LogP contribution in [0.5, 0.6) is 0 Å². The van der Waals surface area contributed by atoms with E-state index in [1.165, 1.54) is 19.1 Å². The van der Waals surface area contributed by atoms with Gasteiger partial charge in [0.25, 0.3) is 0 Å². The molecule has 1 N–H and O–H groups in total. The van der Waals surface area contributed by atoms with Crippen LogP contribution in [0.2, 0.25) is 0 Å². The number of hydrogen-bond donors (Lipinski definition) is 1. The van der Waals surface area contributed by atoms with Crippen LogP contribution in [0, 0.1) is 23.7 Å². The molecule has 4 atom stereocenters. The summed E-state index contributed by atoms with van der Waals surface area (Å²) in [7, 11) is -5.72. The van der Waals surface area contributed by atoms with E-state index < -0.39 is 27.5 Å². The maximum Gasteiger partial charge on any atom is 0.534 e. The second kappa shape index (κ2) is 6.42. The van der Waals surface area contributed by atoms with E-state index in [9.17, 15) is 26.4 Å². The van der Waals surface area contributed by atoms with Crippen molar-refractivity contribution in [1.82, 2.24) is 0 Å². The first-order valence-corrected chi connectivity index (χ1v) is 8.97. The van der Waals surface area contributed by atoms with Gasteiger partial charge >= 0.3 is 21.6 Å².